The van der Waals surface area contributed by atoms with Crippen molar-refractivity contribution in [2.45, 2.75) is 13.1 Å². The first kappa shape index (κ1) is 12.3. The Morgan fingerprint density at radius 1 is 1.44 bits per heavy atom. The van der Waals surface area contributed by atoms with Gasteiger partial charge in [0.1, 0.15) is 0 Å². The maximum absolute atomic E-state index is 12.6. The van der Waals surface area contributed by atoms with Crippen molar-refractivity contribution in [3.05, 3.63) is 42.0 Å². The number of hydrogen-bond donors (Lipinski definition) is 1. The molecule has 0 aliphatic carbocycles. The van der Waals surface area contributed by atoms with Crippen molar-refractivity contribution in [2.75, 3.05) is 5.32 Å². The lowest BCUT2D eigenvalue weighted by atomic mass is 10.1. The molecule has 0 bridgehead atoms. The second kappa shape index (κ2) is 4.38. The zero-order valence-electron chi connectivity index (χ0n) is 8.56. The number of carbonyl (C=O) groups excluding carboxylic acids is 1. The average molecular weight is 229 g/mol. The summed E-state index contributed by atoms with van der Waals surface area (Å²) in [6, 6.07) is 3.71. The number of aryl methyl sites for hydroxylation is 1. The van der Waals surface area contributed by atoms with E-state index < -0.39 is 17.6 Å². The monoisotopic (exact) mass is 229 g/mol. The number of carbonyl (C=O) groups is 1. The Balaban J connectivity index is 3.24. The van der Waals surface area contributed by atoms with Gasteiger partial charge in [-0.3, -0.25) is 4.79 Å². The fourth-order valence-corrected chi connectivity index (χ4v) is 1.24. The van der Waals surface area contributed by atoms with Gasteiger partial charge in [0.15, 0.2) is 0 Å². The number of halogens is 3. The van der Waals surface area contributed by atoms with Gasteiger partial charge in [-0.2, -0.15) is 13.2 Å². The summed E-state index contributed by atoms with van der Waals surface area (Å²) in [5.74, 6) is -0.667. The van der Waals surface area contributed by atoms with Gasteiger partial charge in [-0.1, -0.05) is 18.7 Å². The van der Waals surface area contributed by atoms with Crippen LogP contribution in [0.2, 0.25) is 0 Å². The molecular formula is C11H10F3NO. The van der Waals surface area contributed by atoms with E-state index in [0.717, 1.165) is 12.1 Å². The maximum Gasteiger partial charge on any atom is 0.418 e. The van der Waals surface area contributed by atoms with Crippen LogP contribution in [0, 0.1) is 6.92 Å². The molecule has 0 aliphatic rings. The molecule has 0 atom stereocenters. The van der Waals surface area contributed by atoms with Gasteiger partial charge in [0.25, 0.3) is 0 Å². The van der Waals surface area contributed by atoms with E-state index in [4.69, 9.17) is 0 Å². The zero-order chi connectivity index (χ0) is 12.3. The van der Waals surface area contributed by atoms with Crippen molar-refractivity contribution in [2.24, 2.45) is 0 Å². The van der Waals surface area contributed by atoms with E-state index in [-0.39, 0.29) is 5.69 Å². The highest BCUT2D eigenvalue weighted by Crippen LogP contribution is 2.36. The predicted octanol–water partition coefficient (Wildman–Crippen LogP) is 3.14. The largest absolute Gasteiger partial charge is 0.418 e. The van der Waals surface area contributed by atoms with E-state index in [9.17, 15) is 18.0 Å². The molecule has 5 heteroatoms. The fourth-order valence-electron chi connectivity index (χ4n) is 1.24. The molecule has 0 aliphatic heterocycles. The Morgan fingerprint density at radius 2 is 2.06 bits per heavy atom. The number of anilines is 1. The highest BCUT2D eigenvalue weighted by Gasteiger charge is 2.34. The molecule has 1 N–H and O–H groups in total. The van der Waals surface area contributed by atoms with Gasteiger partial charge >= 0.3 is 6.18 Å². The van der Waals surface area contributed by atoms with Crippen molar-refractivity contribution in [1.82, 2.24) is 0 Å². The summed E-state index contributed by atoms with van der Waals surface area (Å²) in [7, 11) is 0. The molecular weight excluding hydrogens is 219 g/mol. The minimum Gasteiger partial charge on any atom is -0.322 e. The molecule has 1 rings (SSSR count). The summed E-state index contributed by atoms with van der Waals surface area (Å²) in [5.41, 5.74) is -0.729. The van der Waals surface area contributed by atoms with Gasteiger partial charge in [0.2, 0.25) is 5.91 Å². The third kappa shape index (κ3) is 2.62. The molecule has 86 valence electrons. The van der Waals surface area contributed by atoms with Crippen LogP contribution < -0.4 is 5.32 Å². The minimum atomic E-state index is -4.49. The SMILES string of the molecule is C=CC(=O)Nc1c(C)cccc1C(F)(F)F. The summed E-state index contributed by atoms with van der Waals surface area (Å²) in [6.45, 7) is 4.68. The van der Waals surface area contributed by atoms with Crippen LogP contribution in [0.15, 0.2) is 30.9 Å². The molecule has 0 saturated carbocycles. The minimum absolute atomic E-state index is 0.222. The van der Waals surface area contributed by atoms with Crippen LogP contribution in [-0.2, 0) is 11.0 Å². The highest BCUT2D eigenvalue weighted by atomic mass is 19.4. The van der Waals surface area contributed by atoms with Crippen molar-refractivity contribution in [1.29, 1.82) is 0 Å². The van der Waals surface area contributed by atoms with Crippen molar-refractivity contribution < 1.29 is 18.0 Å². The van der Waals surface area contributed by atoms with Crippen LogP contribution >= 0.6 is 0 Å². The molecule has 1 amide bonds. The zero-order valence-corrected chi connectivity index (χ0v) is 8.56. The molecule has 0 heterocycles. The van der Waals surface area contributed by atoms with E-state index in [1.165, 1.54) is 19.1 Å². The van der Waals surface area contributed by atoms with E-state index in [1.807, 2.05) is 0 Å². The average Bonchev–Trinajstić information content (AvgIpc) is 2.19. The van der Waals surface area contributed by atoms with Crippen molar-refractivity contribution in [3.8, 4) is 0 Å². The van der Waals surface area contributed by atoms with Crippen LogP contribution in [-0.4, -0.2) is 5.91 Å². The Hall–Kier alpha value is -1.78. The normalized spacial score (nSPS) is 11.0. The molecule has 0 saturated heterocycles. The fraction of sp³-hybridized carbons (Fsp3) is 0.182. The molecule has 0 spiro atoms. The number of amides is 1. The number of para-hydroxylation sites is 1. The van der Waals surface area contributed by atoms with Gasteiger partial charge in [0, 0.05) is 0 Å². The lowest BCUT2D eigenvalue weighted by Crippen LogP contribution is -2.15. The standard InChI is InChI=1S/C11H10F3NO/c1-3-9(16)15-10-7(2)5-4-6-8(10)11(12,13)14/h3-6H,1H2,2H3,(H,15,16). The first-order chi connectivity index (χ1) is 7.36. The quantitative estimate of drug-likeness (QED) is 0.775. The maximum atomic E-state index is 12.6. The second-order valence-corrected chi connectivity index (χ2v) is 3.19. The molecule has 2 nitrogen and oxygen atoms in total. The number of hydrogen-bond acceptors (Lipinski definition) is 1. The molecule has 0 fully saturated rings. The van der Waals surface area contributed by atoms with Gasteiger partial charge in [-0.25, -0.2) is 0 Å². The van der Waals surface area contributed by atoms with Gasteiger partial charge < -0.3 is 5.32 Å². The first-order valence-electron chi connectivity index (χ1n) is 4.46. The van der Waals surface area contributed by atoms with Crippen molar-refractivity contribution >= 4 is 11.6 Å². The van der Waals surface area contributed by atoms with E-state index in [0.29, 0.717) is 5.56 Å². The molecule has 16 heavy (non-hydrogen) atoms. The Bertz CT molecular complexity index is 424. The van der Waals surface area contributed by atoms with E-state index in [1.54, 1.807) is 0 Å². The van der Waals surface area contributed by atoms with Gasteiger partial charge in [-0.15, -0.1) is 0 Å². The summed E-state index contributed by atoms with van der Waals surface area (Å²) >= 11 is 0. The van der Waals surface area contributed by atoms with Crippen LogP contribution in [0.5, 0.6) is 0 Å². The van der Waals surface area contributed by atoms with E-state index in [2.05, 4.69) is 11.9 Å². The highest BCUT2D eigenvalue weighted by molar-refractivity contribution is 6.00. The summed E-state index contributed by atoms with van der Waals surface area (Å²) in [6.07, 6.45) is -3.57. The molecule has 0 unspecified atom stereocenters. The number of nitrogens with one attached hydrogen (secondary N) is 1. The molecule has 0 radical (unpaired) electrons. The predicted molar refractivity (Wildman–Crippen MR) is 55.0 cm³/mol. The number of rotatable bonds is 2. The van der Waals surface area contributed by atoms with Gasteiger partial charge in [0.05, 0.1) is 11.3 Å². The smallest absolute Gasteiger partial charge is 0.322 e. The summed E-state index contributed by atoms with van der Waals surface area (Å²) in [5, 5.41) is 2.16. The second-order valence-electron chi connectivity index (χ2n) is 3.19. The van der Waals surface area contributed by atoms with E-state index >= 15 is 0 Å². The Morgan fingerprint density at radius 3 is 2.56 bits per heavy atom. The Labute approximate surface area is 90.8 Å². The Kier molecular flexibility index (Phi) is 3.37. The van der Waals surface area contributed by atoms with Crippen molar-refractivity contribution in [3.63, 3.8) is 0 Å². The van der Waals surface area contributed by atoms with Gasteiger partial charge in [-0.05, 0) is 24.6 Å². The molecule has 1 aromatic rings. The molecule has 0 aromatic heterocycles. The van der Waals surface area contributed by atoms with Crippen LogP contribution in [0.25, 0.3) is 0 Å². The topological polar surface area (TPSA) is 29.1 Å². The summed E-state index contributed by atoms with van der Waals surface area (Å²) in [4.78, 5) is 11.0. The van der Waals surface area contributed by atoms with Crippen LogP contribution in [0.4, 0.5) is 18.9 Å². The number of alkyl halides is 3. The third-order valence-electron chi connectivity index (χ3n) is 2.01. The summed E-state index contributed by atoms with van der Waals surface area (Å²) < 4.78 is 37.8. The lowest BCUT2D eigenvalue weighted by Gasteiger charge is -2.15. The number of benzene rings is 1. The van der Waals surface area contributed by atoms with Crippen LogP contribution in [0.1, 0.15) is 11.1 Å². The first-order valence-corrected chi connectivity index (χ1v) is 4.46. The molecule has 1 aromatic carbocycles. The van der Waals surface area contributed by atoms with Crippen LogP contribution in [0.3, 0.4) is 0 Å². The third-order valence-corrected chi connectivity index (χ3v) is 2.01. The lowest BCUT2D eigenvalue weighted by molar-refractivity contribution is -0.137.